The molecule has 4 nitrogen and oxygen atoms in total. The Kier molecular flexibility index (Phi) is 5.28. The maximum atomic E-state index is 10.8. The summed E-state index contributed by atoms with van der Waals surface area (Å²) >= 11 is 5.13. The van der Waals surface area contributed by atoms with Crippen LogP contribution in [0.1, 0.15) is 29.8 Å². The highest BCUT2D eigenvalue weighted by molar-refractivity contribution is 9.11. The first-order valence-electron chi connectivity index (χ1n) is 6.32. The van der Waals surface area contributed by atoms with Gasteiger partial charge in [0, 0.05) is 29.6 Å². The molecule has 2 aromatic rings. The highest BCUT2D eigenvalue weighted by Gasteiger charge is 2.13. The van der Waals surface area contributed by atoms with Gasteiger partial charge in [-0.15, -0.1) is 11.3 Å². The molecule has 0 saturated heterocycles. The van der Waals surface area contributed by atoms with Crippen molar-refractivity contribution in [3.63, 3.8) is 0 Å². The van der Waals surface area contributed by atoms with Gasteiger partial charge in [0.15, 0.2) is 0 Å². The summed E-state index contributed by atoms with van der Waals surface area (Å²) in [5.74, 6) is 0. The van der Waals surface area contributed by atoms with Gasteiger partial charge in [-0.2, -0.15) is 0 Å². The van der Waals surface area contributed by atoms with Crippen LogP contribution in [0.15, 0.2) is 40.2 Å². The van der Waals surface area contributed by atoms with Crippen LogP contribution in [0, 0.1) is 10.1 Å². The lowest BCUT2D eigenvalue weighted by molar-refractivity contribution is -0.384. The minimum absolute atomic E-state index is 0.121. The Labute approximate surface area is 130 Å². The Morgan fingerprint density at radius 3 is 2.80 bits per heavy atom. The molecule has 0 bridgehead atoms. The average Bonchev–Trinajstić information content (AvgIpc) is 2.85. The molecule has 6 heteroatoms. The van der Waals surface area contributed by atoms with E-state index in [2.05, 4.69) is 34.2 Å². The highest BCUT2D eigenvalue weighted by atomic mass is 79.9. The predicted molar refractivity (Wildman–Crippen MR) is 85.0 cm³/mol. The maximum Gasteiger partial charge on any atom is 0.269 e. The predicted octanol–water partition coefficient (Wildman–Crippen LogP) is 4.66. The van der Waals surface area contributed by atoms with Gasteiger partial charge in [0.2, 0.25) is 0 Å². The summed E-state index contributed by atoms with van der Waals surface area (Å²) < 4.78 is 1.11. The number of benzene rings is 1. The lowest BCUT2D eigenvalue weighted by Gasteiger charge is -2.16. The van der Waals surface area contributed by atoms with Crippen LogP contribution in [0.5, 0.6) is 0 Å². The van der Waals surface area contributed by atoms with Gasteiger partial charge in [-0.3, -0.25) is 10.1 Å². The maximum absolute atomic E-state index is 10.8. The van der Waals surface area contributed by atoms with E-state index >= 15 is 0 Å². The lowest BCUT2D eigenvalue weighted by Crippen LogP contribution is -2.19. The van der Waals surface area contributed by atoms with Crippen molar-refractivity contribution in [3.8, 4) is 0 Å². The molecule has 106 valence electrons. The smallest absolute Gasteiger partial charge is 0.269 e. The van der Waals surface area contributed by atoms with E-state index in [0.717, 1.165) is 22.3 Å². The van der Waals surface area contributed by atoms with Gasteiger partial charge in [0.05, 0.1) is 8.71 Å². The summed E-state index contributed by atoms with van der Waals surface area (Å²) in [5, 5.41) is 14.3. The number of rotatable bonds is 6. The SMILES string of the molecule is CCC(NCc1ccc(Br)s1)c1cccc([N+](=O)[O-])c1. The van der Waals surface area contributed by atoms with E-state index < -0.39 is 0 Å². The zero-order valence-corrected chi connectivity index (χ0v) is 13.4. The number of nitro groups is 1. The first-order chi connectivity index (χ1) is 9.60. The van der Waals surface area contributed by atoms with Crippen molar-refractivity contribution >= 4 is 33.0 Å². The van der Waals surface area contributed by atoms with Crippen LogP contribution < -0.4 is 5.32 Å². The second-order valence-electron chi connectivity index (χ2n) is 4.40. The normalized spacial score (nSPS) is 12.3. The van der Waals surface area contributed by atoms with Crippen LogP contribution in [0.2, 0.25) is 0 Å². The fourth-order valence-electron chi connectivity index (χ4n) is 2.02. The number of nitro benzene ring substituents is 1. The molecule has 1 aromatic carbocycles. The van der Waals surface area contributed by atoms with Gasteiger partial charge in [-0.1, -0.05) is 19.1 Å². The second kappa shape index (κ2) is 6.97. The zero-order valence-electron chi connectivity index (χ0n) is 11.0. The number of nitrogens with one attached hydrogen (secondary N) is 1. The Balaban J connectivity index is 2.07. The molecule has 0 spiro atoms. The van der Waals surface area contributed by atoms with Crippen molar-refractivity contribution in [1.29, 1.82) is 0 Å². The van der Waals surface area contributed by atoms with Gasteiger partial charge >= 0.3 is 0 Å². The molecule has 1 heterocycles. The molecule has 0 radical (unpaired) electrons. The molecule has 20 heavy (non-hydrogen) atoms. The van der Waals surface area contributed by atoms with Crippen molar-refractivity contribution in [1.82, 2.24) is 5.32 Å². The van der Waals surface area contributed by atoms with Gasteiger partial charge in [0.1, 0.15) is 0 Å². The number of nitrogens with zero attached hydrogens (tertiary/aromatic N) is 1. The standard InChI is InChI=1S/C14H15BrN2O2S/c1-2-13(16-9-12-6-7-14(15)20-12)10-4-3-5-11(8-10)17(18)19/h3-8,13,16H,2,9H2,1H3. The molecule has 0 aliphatic heterocycles. The van der Waals surface area contributed by atoms with Crippen molar-refractivity contribution in [2.24, 2.45) is 0 Å². The first kappa shape index (κ1) is 15.2. The van der Waals surface area contributed by atoms with Gasteiger partial charge < -0.3 is 5.32 Å². The number of hydrogen-bond acceptors (Lipinski definition) is 4. The lowest BCUT2D eigenvalue weighted by atomic mass is 10.0. The number of non-ortho nitro benzene ring substituents is 1. The summed E-state index contributed by atoms with van der Waals surface area (Å²) in [4.78, 5) is 11.7. The number of thiophene rings is 1. The zero-order chi connectivity index (χ0) is 14.5. The molecule has 1 atom stereocenters. The van der Waals surface area contributed by atoms with Gasteiger partial charge in [-0.25, -0.2) is 0 Å². The molecule has 0 saturated carbocycles. The molecule has 1 unspecified atom stereocenters. The van der Waals surface area contributed by atoms with E-state index in [1.165, 1.54) is 10.9 Å². The topological polar surface area (TPSA) is 55.2 Å². The fraction of sp³-hybridized carbons (Fsp3) is 0.286. The minimum Gasteiger partial charge on any atom is -0.305 e. The third-order valence-electron chi connectivity index (χ3n) is 3.04. The quantitative estimate of drug-likeness (QED) is 0.606. The molecular weight excluding hydrogens is 340 g/mol. The third kappa shape index (κ3) is 3.88. The third-order valence-corrected chi connectivity index (χ3v) is 4.67. The van der Waals surface area contributed by atoms with Crippen LogP contribution >= 0.6 is 27.3 Å². The molecule has 0 aliphatic carbocycles. The van der Waals surface area contributed by atoms with Crippen molar-refractivity contribution < 1.29 is 4.92 Å². The molecule has 0 amide bonds. The molecule has 0 aliphatic rings. The molecule has 2 rings (SSSR count). The van der Waals surface area contributed by atoms with Crippen LogP contribution in [-0.2, 0) is 6.54 Å². The van der Waals surface area contributed by atoms with E-state index in [-0.39, 0.29) is 16.7 Å². The van der Waals surface area contributed by atoms with Crippen molar-refractivity contribution in [3.05, 3.63) is 60.7 Å². The summed E-state index contributed by atoms with van der Waals surface area (Å²) in [6.07, 6.45) is 0.883. The van der Waals surface area contributed by atoms with E-state index in [0.29, 0.717) is 0 Å². The van der Waals surface area contributed by atoms with E-state index in [1.54, 1.807) is 23.5 Å². The monoisotopic (exact) mass is 354 g/mol. The largest absolute Gasteiger partial charge is 0.305 e. The second-order valence-corrected chi connectivity index (χ2v) is 6.95. The number of halogens is 1. The van der Waals surface area contributed by atoms with E-state index in [9.17, 15) is 10.1 Å². The fourth-order valence-corrected chi connectivity index (χ4v) is 3.46. The summed E-state index contributed by atoms with van der Waals surface area (Å²) in [6.45, 7) is 2.83. The Hall–Kier alpha value is -1.24. The van der Waals surface area contributed by atoms with Crippen LogP contribution in [0.3, 0.4) is 0 Å². The minimum atomic E-state index is -0.355. The van der Waals surface area contributed by atoms with Crippen LogP contribution in [-0.4, -0.2) is 4.92 Å². The Bertz CT molecular complexity index is 600. The first-order valence-corrected chi connectivity index (χ1v) is 7.93. The summed E-state index contributed by atoms with van der Waals surface area (Å²) in [5.41, 5.74) is 1.10. The van der Waals surface area contributed by atoms with Gasteiger partial charge in [0.25, 0.3) is 5.69 Å². The average molecular weight is 355 g/mol. The molecular formula is C14H15BrN2O2S. The molecule has 1 aromatic heterocycles. The van der Waals surface area contributed by atoms with Crippen LogP contribution in [0.4, 0.5) is 5.69 Å². The Morgan fingerprint density at radius 2 is 2.20 bits per heavy atom. The summed E-state index contributed by atoms with van der Waals surface area (Å²) in [7, 11) is 0. The van der Waals surface area contributed by atoms with Gasteiger partial charge in [-0.05, 0) is 40.0 Å². The molecule has 0 fully saturated rings. The Morgan fingerprint density at radius 1 is 1.40 bits per heavy atom. The van der Waals surface area contributed by atoms with E-state index in [4.69, 9.17) is 0 Å². The van der Waals surface area contributed by atoms with Crippen molar-refractivity contribution in [2.45, 2.75) is 25.9 Å². The van der Waals surface area contributed by atoms with E-state index in [1.807, 2.05) is 12.1 Å². The van der Waals surface area contributed by atoms with Crippen LogP contribution in [0.25, 0.3) is 0 Å². The van der Waals surface area contributed by atoms with Crippen molar-refractivity contribution in [2.75, 3.05) is 0 Å². The number of hydrogen-bond donors (Lipinski definition) is 1. The molecule has 1 N–H and O–H groups in total. The highest BCUT2D eigenvalue weighted by Crippen LogP contribution is 2.25. The summed E-state index contributed by atoms with van der Waals surface area (Å²) in [6, 6.07) is 11.0.